The zero-order valence-electron chi connectivity index (χ0n) is 12.4. The molecule has 0 saturated carbocycles. The second-order valence-corrected chi connectivity index (χ2v) is 5.89. The third kappa shape index (κ3) is 3.70. The van der Waals surface area contributed by atoms with Crippen molar-refractivity contribution in [1.82, 2.24) is 9.88 Å². The third-order valence-electron chi connectivity index (χ3n) is 4.25. The lowest BCUT2D eigenvalue weighted by atomic mass is 10.1. The summed E-state index contributed by atoms with van der Waals surface area (Å²) >= 11 is 0. The summed E-state index contributed by atoms with van der Waals surface area (Å²) in [6.07, 6.45) is -3.39. The molecule has 2 aliphatic heterocycles. The molecule has 7 heteroatoms. The number of hydrogen-bond acceptors (Lipinski definition) is 4. The molecule has 2 aliphatic rings. The number of alkyl halides is 3. The fourth-order valence-corrected chi connectivity index (χ4v) is 3.10. The van der Waals surface area contributed by atoms with Gasteiger partial charge in [-0.1, -0.05) is 6.07 Å². The minimum atomic E-state index is -4.39. The van der Waals surface area contributed by atoms with Gasteiger partial charge in [-0.15, -0.1) is 0 Å². The van der Waals surface area contributed by atoms with E-state index in [0.717, 1.165) is 58.4 Å². The minimum Gasteiger partial charge on any atom is -0.379 e. The maximum Gasteiger partial charge on any atom is 0.433 e. The Morgan fingerprint density at radius 1 is 1.18 bits per heavy atom. The predicted molar refractivity (Wildman–Crippen MR) is 76.8 cm³/mol. The highest BCUT2D eigenvalue weighted by Crippen LogP contribution is 2.30. The first-order valence-electron chi connectivity index (χ1n) is 7.62. The average Bonchev–Trinajstić information content (AvgIpc) is 2.96. The number of hydrogen-bond donors (Lipinski definition) is 0. The van der Waals surface area contributed by atoms with Crippen LogP contribution in [0.15, 0.2) is 18.2 Å². The summed E-state index contributed by atoms with van der Waals surface area (Å²) in [7, 11) is 0. The molecule has 3 heterocycles. The van der Waals surface area contributed by atoms with E-state index in [-0.39, 0.29) is 0 Å². The van der Waals surface area contributed by atoms with Gasteiger partial charge >= 0.3 is 6.18 Å². The van der Waals surface area contributed by atoms with Crippen LogP contribution in [0.1, 0.15) is 12.1 Å². The first-order chi connectivity index (χ1) is 10.5. The van der Waals surface area contributed by atoms with E-state index in [4.69, 9.17) is 4.74 Å². The summed E-state index contributed by atoms with van der Waals surface area (Å²) in [5.41, 5.74) is -0.818. The van der Waals surface area contributed by atoms with Gasteiger partial charge in [-0.3, -0.25) is 4.90 Å². The fraction of sp³-hybridized carbons (Fsp3) is 0.667. The smallest absolute Gasteiger partial charge is 0.379 e. The lowest BCUT2D eigenvalue weighted by Gasteiger charge is -2.29. The first kappa shape index (κ1) is 15.6. The van der Waals surface area contributed by atoms with Gasteiger partial charge in [-0.25, -0.2) is 4.98 Å². The van der Waals surface area contributed by atoms with Gasteiger partial charge in [-0.2, -0.15) is 13.2 Å². The van der Waals surface area contributed by atoms with Crippen molar-refractivity contribution in [2.24, 2.45) is 5.92 Å². The second kappa shape index (κ2) is 6.42. The Kier molecular flexibility index (Phi) is 4.54. The quantitative estimate of drug-likeness (QED) is 0.855. The summed E-state index contributed by atoms with van der Waals surface area (Å²) in [6, 6.07) is 4.11. The highest BCUT2D eigenvalue weighted by atomic mass is 19.4. The maximum atomic E-state index is 12.7. The van der Waals surface area contributed by atoms with Crippen LogP contribution in [0.25, 0.3) is 0 Å². The number of anilines is 1. The van der Waals surface area contributed by atoms with Crippen LogP contribution in [0.3, 0.4) is 0 Å². The minimum absolute atomic E-state index is 0.430. The van der Waals surface area contributed by atoms with E-state index in [0.29, 0.717) is 11.7 Å². The standard InChI is InChI=1S/C15H20F3N3O/c16-15(17,18)13-2-1-3-14(19-13)21-5-4-12(11-21)10-20-6-8-22-9-7-20/h1-3,12H,4-11H2/t12-/m1/s1. The number of pyridine rings is 1. The number of aromatic nitrogens is 1. The van der Waals surface area contributed by atoms with Crippen LogP contribution in [0.2, 0.25) is 0 Å². The lowest BCUT2D eigenvalue weighted by Crippen LogP contribution is -2.39. The first-order valence-corrected chi connectivity index (χ1v) is 7.62. The van der Waals surface area contributed by atoms with Crippen molar-refractivity contribution in [3.05, 3.63) is 23.9 Å². The SMILES string of the molecule is FC(F)(F)c1cccc(N2CC[C@H](CN3CCOCC3)C2)n1. The van der Waals surface area contributed by atoms with E-state index in [1.165, 1.54) is 6.07 Å². The van der Waals surface area contributed by atoms with E-state index < -0.39 is 11.9 Å². The van der Waals surface area contributed by atoms with Crippen LogP contribution in [-0.4, -0.2) is 55.8 Å². The average molecular weight is 315 g/mol. The molecular weight excluding hydrogens is 295 g/mol. The van der Waals surface area contributed by atoms with Gasteiger partial charge in [0.2, 0.25) is 0 Å². The van der Waals surface area contributed by atoms with Gasteiger partial charge in [0.15, 0.2) is 0 Å². The second-order valence-electron chi connectivity index (χ2n) is 5.89. The molecule has 0 N–H and O–H groups in total. The molecule has 3 rings (SSSR count). The van der Waals surface area contributed by atoms with E-state index in [2.05, 4.69) is 9.88 Å². The molecule has 4 nitrogen and oxygen atoms in total. The van der Waals surface area contributed by atoms with Gasteiger partial charge in [0.05, 0.1) is 13.2 Å². The number of morpholine rings is 1. The van der Waals surface area contributed by atoms with Gasteiger partial charge in [0.25, 0.3) is 0 Å². The largest absolute Gasteiger partial charge is 0.433 e. The van der Waals surface area contributed by atoms with E-state index >= 15 is 0 Å². The summed E-state index contributed by atoms with van der Waals surface area (Å²) in [5.74, 6) is 0.911. The monoisotopic (exact) mass is 315 g/mol. The van der Waals surface area contributed by atoms with Crippen molar-refractivity contribution in [1.29, 1.82) is 0 Å². The van der Waals surface area contributed by atoms with Crippen molar-refractivity contribution >= 4 is 5.82 Å². The molecule has 122 valence electrons. The molecule has 1 aromatic heterocycles. The lowest BCUT2D eigenvalue weighted by molar-refractivity contribution is -0.141. The number of ether oxygens (including phenoxy) is 1. The molecule has 0 amide bonds. The molecule has 0 radical (unpaired) electrons. The van der Waals surface area contributed by atoms with Crippen LogP contribution in [0, 0.1) is 5.92 Å². The van der Waals surface area contributed by atoms with Gasteiger partial charge < -0.3 is 9.64 Å². The van der Waals surface area contributed by atoms with Crippen molar-refractivity contribution in [3.8, 4) is 0 Å². The number of nitrogens with zero attached hydrogens (tertiary/aromatic N) is 3. The Labute approximate surface area is 127 Å². The molecule has 22 heavy (non-hydrogen) atoms. The molecule has 1 atom stereocenters. The highest BCUT2D eigenvalue weighted by molar-refractivity contribution is 5.41. The molecule has 0 unspecified atom stereocenters. The van der Waals surface area contributed by atoms with Crippen LogP contribution < -0.4 is 4.90 Å². The molecule has 1 aromatic rings. The van der Waals surface area contributed by atoms with Gasteiger partial charge in [0.1, 0.15) is 11.5 Å². The molecule has 2 fully saturated rings. The molecule has 0 spiro atoms. The van der Waals surface area contributed by atoms with Crippen LogP contribution in [0.4, 0.5) is 19.0 Å². The van der Waals surface area contributed by atoms with E-state index in [1.54, 1.807) is 6.07 Å². The van der Waals surface area contributed by atoms with Crippen LogP contribution in [-0.2, 0) is 10.9 Å². The zero-order valence-corrected chi connectivity index (χ0v) is 12.4. The van der Waals surface area contributed by atoms with E-state index in [9.17, 15) is 13.2 Å². The van der Waals surface area contributed by atoms with Gasteiger partial charge in [0, 0.05) is 32.7 Å². The fourth-order valence-electron chi connectivity index (χ4n) is 3.10. The Balaban J connectivity index is 1.60. The summed E-state index contributed by atoms with van der Waals surface area (Å²) in [4.78, 5) is 8.11. The van der Waals surface area contributed by atoms with Crippen molar-refractivity contribution in [2.75, 3.05) is 50.8 Å². The van der Waals surface area contributed by atoms with E-state index in [1.807, 2.05) is 4.90 Å². The number of halogens is 3. The zero-order chi connectivity index (χ0) is 15.6. The molecule has 0 aliphatic carbocycles. The summed E-state index contributed by atoms with van der Waals surface area (Å²) in [5, 5.41) is 0. The van der Waals surface area contributed by atoms with Crippen LogP contribution >= 0.6 is 0 Å². The molecule has 0 aromatic carbocycles. The van der Waals surface area contributed by atoms with Crippen molar-refractivity contribution in [3.63, 3.8) is 0 Å². The maximum absolute atomic E-state index is 12.7. The normalized spacial score (nSPS) is 24.0. The Hall–Kier alpha value is -1.34. The van der Waals surface area contributed by atoms with Crippen LogP contribution in [0.5, 0.6) is 0 Å². The molecule has 2 saturated heterocycles. The highest BCUT2D eigenvalue weighted by Gasteiger charge is 2.33. The summed E-state index contributed by atoms with van der Waals surface area (Å²) in [6.45, 7) is 5.95. The molecule has 0 bridgehead atoms. The third-order valence-corrected chi connectivity index (χ3v) is 4.25. The van der Waals surface area contributed by atoms with Gasteiger partial charge in [-0.05, 0) is 24.5 Å². The molecular formula is C15H20F3N3O. The summed E-state index contributed by atoms with van der Waals surface area (Å²) < 4.78 is 43.6. The number of rotatable bonds is 3. The Morgan fingerprint density at radius 3 is 2.68 bits per heavy atom. The predicted octanol–water partition coefficient (Wildman–Crippen LogP) is 2.26. The topological polar surface area (TPSA) is 28.6 Å². The van der Waals surface area contributed by atoms with Crippen molar-refractivity contribution in [2.45, 2.75) is 12.6 Å². The Bertz CT molecular complexity index is 503. The Morgan fingerprint density at radius 2 is 1.95 bits per heavy atom. The van der Waals surface area contributed by atoms with Crippen molar-refractivity contribution < 1.29 is 17.9 Å².